The van der Waals surface area contributed by atoms with Crippen LogP contribution in [0, 0.1) is 0 Å². The van der Waals surface area contributed by atoms with Crippen molar-refractivity contribution in [1.29, 1.82) is 0 Å². The first-order chi connectivity index (χ1) is 8.56. The third-order valence-electron chi connectivity index (χ3n) is 3.67. The van der Waals surface area contributed by atoms with Crippen molar-refractivity contribution in [2.24, 2.45) is 5.73 Å². The van der Waals surface area contributed by atoms with Crippen LogP contribution < -0.4 is 5.73 Å². The van der Waals surface area contributed by atoms with E-state index in [0.29, 0.717) is 0 Å². The summed E-state index contributed by atoms with van der Waals surface area (Å²) >= 11 is 0. The van der Waals surface area contributed by atoms with Crippen LogP contribution in [0.4, 0.5) is 0 Å². The Morgan fingerprint density at radius 1 is 0.632 bits per heavy atom. The Kier molecular flexibility index (Phi) is 16.6. The Morgan fingerprint density at radius 3 is 1.26 bits per heavy atom. The highest BCUT2D eigenvalue weighted by molar-refractivity contribution is 5.85. The second-order valence-electron chi connectivity index (χ2n) is 6.63. The van der Waals surface area contributed by atoms with Crippen molar-refractivity contribution < 1.29 is 0 Å². The second-order valence-corrected chi connectivity index (χ2v) is 6.63. The quantitative estimate of drug-likeness (QED) is 0.400. The molecule has 0 heterocycles. The minimum Gasteiger partial charge on any atom is -0.326 e. The van der Waals surface area contributed by atoms with E-state index in [0.717, 1.165) is 0 Å². The largest absolute Gasteiger partial charge is 0.326 e. The number of halogens is 1. The molecule has 19 heavy (non-hydrogen) atoms. The summed E-state index contributed by atoms with van der Waals surface area (Å²) in [7, 11) is 0. The molecule has 0 unspecified atom stereocenters. The van der Waals surface area contributed by atoms with Gasteiger partial charge in [-0.2, -0.15) is 0 Å². The van der Waals surface area contributed by atoms with Gasteiger partial charge >= 0.3 is 0 Å². The Hall–Kier alpha value is 0.250. The second kappa shape index (κ2) is 14.7. The highest BCUT2D eigenvalue weighted by Gasteiger charge is 2.08. The molecule has 0 fully saturated rings. The van der Waals surface area contributed by atoms with Gasteiger partial charge in [0.25, 0.3) is 0 Å². The van der Waals surface area contributed by atoms with Gasteiger partial charge in [-0.15, -0.1) is 12.4 Å². The van der Waals surface area contributed by atoms with Crippen molar-refractivity contribution in [3.63, 3.8) is 0 Å². The van der Waals surface area contributed by atoms with E-state index in [1.165, 1.54) is 83.5 Å². The van der Waals surface area contributed by atoms with Crippen molar-refractivity contribution >= 4 is 12.4 Å². The predicted molar refractivity (Wildman–Crippen MR) is 91.2 cm³/mol. The lowest BCUT2D eigenvalue weighted by Gasteiger charge is -2.17. The first-order valence-electron chi connectivity index (χ1n) is 8.35. The van der Waals surface area contributed by atoms with Crippen LogP contribution in [0.1, 0.15) is 104 Å². The fourth-order valence-electron chi connectivity index (χ4n) is 2.42. The fraction of sp³-hybridized carbons (Fsp3) is 1.00. The lowest BCUT2D eigenvalue weighted by Crippen LogP contribution is -2.31. The van der Waals surface area contributed by atoms with E-state index in [1.807, 2.05) is 0 Å². The maximum atomic E-state index is 5.97. The van der Waals surface area contributed by atoms with Gasteiger partial charge in [-0.1, -0.05) is 84.0 Å². The topological polar surface area (TPSA) is 26.0 Å². The van der Waals surface area contributed by atoms with Gasteiger partial charge in [0.2, 0.25) is 0 Å². The summed E-state index contributed by atoms with van der Waals surface area (Å²) in [6.45, 7) is 6.54. The third-order valence-corrected chi connectivity index (χ3v) is 3.67. The molecular formula is C17H38ClN. The number of unbranched alkanes of at least 4 members (excludes halogenated alkanes) is 11. The Labute approximate surface area is 128 Å². The Balaban J connectivity index is 0. The lowest BCUT2D eigenvalue weighted by molar-refractivity contribution is 0.440. The van der Waals surface area contributed by atoms with Crippen LogP contribution in [0.3, 0.4) is 0 Å². The molecule has 0 aliphatic heterocycles. The number of hydrogen-bond donors (Lipinski definition) is 1. The minimum absolute atomic E-state index is 0. The lowest BCUT2D eigenvalue weighted by atomic mass is 9.97. The molecule has 0 atom stereocenters. The first kappa shape index (κ1) is 21.5. The zero-order chi connectivity index (χ0) is 13.7. The summed E-state index contributed by atoms with van der Waals surface area (Å²) in [6, 6.07) is 0. The van der Waals surface area contributed by atoms with Crippen LogP contribution in [0.5, 0.6) is 0 Å². The summed E-state index contributed by atoms with van der Waals surface area (Å²) in [5, 5.41) is 0. The molecule has 0 aliphatic carbocycles. The summed E-state index contributed by atoms with van der Waals surface area (Å²) in [4.78, 5) is 0. The van der Waals surface area contributed by atoms with Gasteiger partial charge < -0.3 is 5.73 Å². The molecule has 0 bridgehead atoms. The van der Waals surface area contributed by atoms with Crippen LogP contribution in [0.15, 0.2) is 0 Å². The molecule has 0 aliphatic rings. The van der Waals surface area contributed by atoms with Gasteiger partial charge in [0.05, 0.1) is 0 Å². The monoisotopic (exact) mass is 291 g/mol. The molecule has 0 aromatic heterocycles. The average Bonchev–Trinajstić information content (AvgIpc) is 2.29. The molecule has 0 aromatic carbocycles. The maximum Gasteiger partial charge on any atom is 0.00970 e. The molecule has 1 nitrogen and oxygen atoms in total. The molecule has 0 saturated heterocycles. The van der Waals surface area contributed by atoms with Gasteiger partial charge in [0, 0.05) is 5.54 Å². The van der Waals surface area contributed by atoms with Crippen molar-refractivity contribution in [2.45, 2.75) is 110 Å². The van der Waals surface area contributed by atoms with E-state index in [2.05, 4.69) is 20.8 Å². The third kappa shape index (κ3) is 20.7. The van der Waals surface area contributed by atoms with Crippen LogP contribution in [0.25, 0.3) is 0 Å². The highest BCUT2D eigenvalue weighted by atomic mass is 35.5. The van der Waals surface area contributed by atoms with Crippen molar-refractivity contribution in [3.8, 4) is 0 Å². The summed E-state index contributed by atoms with van der Waals surface area (Å²) in [5.74, 6) is 0. The van der Waals surface area contributed by atoms with Crippen LogP contribution in [0.2, 0.25) is 0 Å². The molecule has 0 rings (SSSR count). The SMILES string of the molecule is CCCCCCCCCCCCCCC(C)(C)N.Cl. The number of hydrogen-bond acceptors (Lipinski definition) is 1. The first-order valence-corrected chi connectivity index (χ1v) is 8.35. The van der Waals surface area contributed by atoms with Crippen molar-refractivity contribution in [1.82, 2.24) is 0 Å². The molecule has 0 radical (unpaired) electrons. The van der Waals surface area contributed by atoms with Crippen LogP contribution in [-0.4, -0.2) is 5.54 Å². The molecule has 0 spiro atoms. The summed E-state index contributed by atoms with van der Waals surface area (Å²) in [6.07, 6.45) is 18.2. The van der Waals surface area contributed by atoms with Crippen molar-refractivity contribution in [3.05, 3.63) is 0 Å². The normalized spacial score (nSPS) is 11.4. The maximum absolute atomic E-state index is 5.97. The van der Waals surface area contributed by atoms with Gasteiger partial charge in [0.15, 0.2) is 0 Å². The van der Waals surface area contributed by atoms with E-state index in [4.69, 9.17) is 5.73 Å². The minimum atomic E-state index is 0. The van der Waals surface area contributed by atoms with E-state index in [9.17, 15) is 0 Å². The summed E-state index contributed by atoms with van der Waals surface area (Å²) in [5.41, 5.74) is 6.01. The molecule has 118 valence electrons. The smallest absolute Gasteiger partial charge is 0.00970 e. The molecule has 0 aromatic rings. The van der Waals surface area contributed by atoms with Gasteiger partial charge in [-0.3, -0.25) is 0 Å². The predicted octanol–water partition coefficient (Wildman–Crippen LogP) is 6.24. The number of nitrogens with two attached hydrogens (primary N) is 1. The highest BCUT2D eigenvalue weighted by Crippen LogP contribution is 2.14. The average molecular weight is 292 g/mol. The zero-order valence-electron chi connectivity index (χ0n) is 13.7. The van der Waals surface area contributed by atoms with Crippen LogP contribution in [-0.2, 0) is 0 Å². The van der Waals surface area contributed by atoms with E-state index < -0.39 is 0 Å². The Bertz CT molecular complexity index is 163. The van der Waals surface area contributed by atoms with E-state index in [1.54, 1.807) is 0 Å². The van der Waals surface area contributed by atoms with Crippen molar-refractivity contribution in [2.75, 3.05) is 0 Å². The molecule has 0 saturated carbocycles. The molecule has 2 heteroatoms. The fourth-order valence-corrected chi connectivity index (χ4v) is 2.42. The number of rotatable bonds is 13. The van der Waals surface area contributed by atoms with Gasteiger partial charge in [-0.25, -0.2) is 0 Å². The van der Waals surface area contributed by atoms with Crippen LogP contribution >= 0.6 is 12.4 Å². The van der Waals surface area contributed by atoms with E-state index in [-0.39, 0.29) is 17.9 Å². The van der Waals surface area contributed by atoms with Gasteiger partial charge in [-0.05, 0) is 20.3 Å². The van der Waals surface area contributed by atoms with Gasteiger partial charge in [0.1, 0.15) is 0 Å². The van der Waals surface area contributed by atoms with E-state index >= 15 is 0 Å². The molecular weight excluding hydrogens is 254 g/mol. The standard InChI is InChI=1S/C17H37N.ClH/c1-4-5-6-7-8-9-10-11-12-13-14-15-16-17(2,3)18;/h4-16,18H2,1-3H3;1H. The molecule has 0 amide bonds. The summed E-state index contributed by atoms with van der Waals surface area (Å²) < 4.78 is 0. The Morgan fingerprint density at radius 2 is 0.947 bits per heavy atom. The zero-order valence-corrected chi connectivity index (χ0v) is 14.5. The molecule has 2 N–H and O–H groups in total.